The fourth-order valence-corrected chi connectivity index (χ4v) is 2.32. The Labute approximate surface area is 125 Å². The molecule has 0 aliphatic carbocycles. The standard InChI is InChI=1S/C15H26N2O4/c1-5-15(4)6-8-17(9-7-15)13(21)16-11(18)10-14(2,3)12(19)20/h5-10H2,1-4H3,(H,19,20)(H,16,18,21). The van der Waals surface area contributed by atoms with Gasteiger partial charge in [-0.1, -0.05) is 20.3 Å². The second-order valence-electron chi connectivity index (χ2n) is 6.87. The zero-order chi connectivity index (χ0) is 16.3. The van der Waals surface area contributed by atoms with Crippen molar-refractivity contribution in [1.82, 2.24) is 10.2 Å². The summed E-state index contributed by atoms with van der Waals surface area (Å²) in [4.78, 5) is 36.4. The van der Waals surface area contributed by atoms with Gasteiger partial charge in [0, 0.05) is 19.5 Å². The van der Waals surface area contributed by atoms with Crippen LogP contribution in [0.5, 0.6) is 0 Å². The first-order chi connectivity index (χ1) is 9.59. The number of carbonyl (C=O) groups excluding carboxylic acids is 2. The van der Waals surface area contributed by atoms with Gasteiger partial charge in [-0.25, -0.2) is 4.79 Å². The maximum Gasteiger partial charge on any atom is 0.324 e. The Hall–Kier alpha value is -1.59. The number of piperidine rings is 1. The lowest BCUT2D eigenvalue weighted by Crippen LogP contribution is -2.49. The molecule has 0 bridgehead atoms. The molecule has 21 heavy (non-hydrogen) atoms. The molecule has 0 spiro atoms. The van der Waals surface area contributed by atoms with Gasteiger partial charge in [-0.15, -0.1) is 0 Å². The Morgan fingerprint density at radius 1 is 1.24 bits per heavy atom. The Bertz CT molecular complexity index is 423. The van der Waals surface area contributed by atoms with E-state index in [2.05, 4.69) is 19.2 Å². The third kappa shape index (κ3) is 4.72. The third-order valence-corrected chi connectivity index (χ3v) is 4.54. The number of hydrogen-bond donors (Lipinski definition) is 2. The van der Waals surface area contributed by atoms with Crippen LogP contribution in [0.3, 0.4) is 0 Å². The molecule has 120 valence electrons. The van der Waals surface area contributed by atoms with Crippen LogP contribution in [0.15, 0.2) is 0 Å². The Morgan fingerprint density at radius 2 is 1.76 bits per heavy atom. The van der Waals surface area contributed by atoms with Gasteiger partial charge in [-0.2, -0.15) is 0 Å². The van der Waals surface area contributed by atoms with Crippen molar-refractivity contribution in [3.63, 3.8) is 0 Å². The van der Waals surface area contributed by atoms with Crippen LogP contribution in [0.4, 0.5) is 4.79 Å². The molecule has 0 aromatic heterocycles. The van der Waals surface area contributed by atoms with Crippen molar-refractivity contribution in [2.45, 2.75) is 53.4 Å². The minimum absolute atomic E-state index is 0.214. The fraction of sp³-hybridized carbons (Fsp3) is 0.800. The maximum atomic E-state index is 12.0. The maximum absolute atomic E-state index is 12.0. The van der Waals surface area contributed by atoms with E-state index in [9.17, 15) is 14.4 Å². The lowest BCUT2D eigenvalue weighted by Gasteiger charge is -2.38. The molecule has 0 unspecified atom stereocenters. The second kappa shape index (κ2) is 6.45. The highest BCUT2D eigenvalue weighted by atomic mass is 16.4. The van der Waals surface area contributed by atoms with E-state index in [0.717, 1.165) is 19.3 Å². The number of carboxylic acids is 1. The number of carboxylic acid groups (broad SMARTS) is 1. The van der Waals surface area contributed by atoms with Gasteiger partial charge < -0.3 is 10.0 Å². The van der Waals surface area contributed by atoms with Gasteiger partial charge >= 0.3 is 12.0 Å². The molecule has 6 heteroatoms. The first kappa shape index (κ1) is 17.5. The molecule has 3 amide bonds. The first-order valence-electron chi connectivity index (χ1n) is 7.42. The predicted molar refractivity (Wildman–Crippen MR) is 78.8 cm³/mol. The number of carbonyl (C=O) groups is 3. The van der Waals surface area contributed by atoms with Crippen molar-refractivity contribution in [3.8, 4) is 0 Å². The summed E-state index contributed by atoms with van der Waals surface area (Å²) in [5.41, 5.74) is -0.904. The van der Waals surface area contributed by atoms with Crippen molar-refractivity contribution in [2.75, 3.05) is 13.1 Å². The lowest BCUT2D eigenvalue weighted by atomic mass is 9.78. The van der Waals surface area contributed by atoms with E-state index < -0.39 is 23.3 Å². The minimum atomic E-state index is -1.17. The van der Waals surface area contributed by atoms with E-state index >= 15 is 0 Å². The van der Waals surface area contributed by atoms with Gasteiger partial charge in [0.25, 0.3) is 0 Å². The molecule has 0 saturated carbocycles. The summed E-state index contributed by atoms with van der Waals surface area (Å²) in [6.07, 6.45) is 2.71. The molecule has 0 radical (unpaired) electrons. The summed E-state index contributed by atoms with van der Waals surface area (Å²) < 4.78 is 0. The smallest absolute Gasteiger partial charge is 0.324 e. The monoisotopic (exact) mass is 298 g/mol. The number of amides is 3. The van der Waals surface area contributed by atoms with Gasteiger partial charge in [-0.3, -0.25) is 14.9 Å². The number of nitrogens with one attached hydrogen (secondary N) is 1. The van der Waals surface area contributed by atoms with Gasteiger partial charge in [0.15, 0.2) is 0 Å². The number of urea groups is 1. The summed E-state index contributed by atoms with van der Waals surface area (Å²) in [6.45, 7) is 8.55. The van der Waals surface area contributed by atoms with Crippen molar-refractivity contribution >= 4 is 17.9 Å². The molecule has 1 aliphatic heterocycles. The van der Waals surface area contributed by atoms with Crippen LogP contribution in [0.2, 0.25) is 0 Å². The van der Waals surface area contributed by atoms with E-state index in [4.69, 9.17) is 5.11 Å². The summed E-state index contributed by atoms with van der Waals surface area (Å²) in [7, 11) is 0. The summed E-state index contributed by atoms with van der Waals surface area (Å²) in [5, 5.41) is 11.3. The normalized spacial score (nSPS) is 18.2. The molecule has 1 saturated heterocycles. The van der Waals surface area contributed by atoms with Crippen LogP contribution in [0, 0.1) is 10.8 Å². The number of rotatable bonds is 4. The molecule has 6 nitrogen and oxygen atoms in total. The van der Waals surface area contributed by atoms with Crippen LogP contribution in [0.25, 0.3) is 0 Å². The van der Waals surface area contributed by atoms with E-state index in [0.29, 0.717) is 13.1 Å². The van der Waals surface area contributed by atoms with E-state index in [1.165, 1.54) is 13.8 Å². The van der Waals surface area contributed by atoms with Crippen LogP contribution >= 0.6 is 0 Å². The highest BCUT2D eigenvalue weighted by Crippen LogP contribution is 2.33. The minimum Gasteiger partial charge on any atom is -0.481 e. The molecule has 2 N–H and O–H groups in total. The Balaban J connectivity index is 2.48. The van der Waals surface area contributed by atoms with Crippen LogP contribution in [-0.4, -0.2) is 41.0 Å². The molecule has 0 aromatic carbocycles. The fourth-order valence-electron chi connectivity index (χ4n) is 2.32. The summed E-state index contributed by atoms with van der Waals surface area (Å²) in [6, 6.07) is -0.417. The third-order valence-electron chi connectivity index (χ3n) is 4.54. The van der Waals surface area contributed by atoms with Crippen LogP contribution in [0.1, 0.15) is 53.4 Å². The zero-order valence-electron chi connectivity index (χ0n) is 13.4. The van der Waals surface area contributed by atoms with Gasteiger partial charge in [-0.05, 0) is 32.1 Å². The largest absolute Gasteiger partial charge is 0.481 e. The highest BCUT2D eigenvalue weighted by molar-refractivity contribution is 5.96. The van der Waals surface area contributed by atoms with E-state index in [1.54, 1.807) is 4.90 Å². The van der Waals surface area contributed by atoms with Gasteiger partial charge in [0.1, 0.15) is 0 Å². The number of imide groups is 1. The summed E-state index contributed by atoms with van der Waals surface area (Å²) >= 11 is 0. The van der Waals surface area contributed by atoms with Crippen molar-refractivity contribution in [2.24, 2.45) is 10.8 Å². The number of aliphatic carboxylic acids is 1. The Kier molecular flexibility index (Phi) is 5.36. The summed E-state index contributed by atoms with van der Waals surface area (Å²) in [5.74, 6) is -1.60. The van der Waals surface area contributed by atoms with Crippen molar-refractivity contribution in [1.29, 1.82) is 0 Å². The van der Waals surface area contributed by atoms with E-state index in [1.807, 2.05) is 0 Å². The average molecular weight is 298 g/mol. The Morgan fingerprint density at radius 3 is 2.19 bits per heavy atom. The number of likely N-dealkylation sites (tertiary alicyclic amines) is 1. The molecule has 1 fully saturated rings. The van der Waals surface area contributed by atoms with Crippen molar-refractivity contribution < 1.29 is 19.5 Å². The molecular formula is C15H26N2O4. The molecule has 0 aromatic rings. The van der Waals surface area contributed by atoms with Crippen LogP contribution < -0.4 is 5.32 Å². The molecule has 0 atom stereocenters. The van der Waals surface area contributed by atoms with E-state index in [-0.39, 0.29) is 11.8 Å². The SMILES string of the molecule is CCC1(C)CCN(C(=O)NC(=O)CC(C)(C)C(=O)O)CC1. The molecular weight excluding hydrogens is 272 g/mol. The number of hydrogen-bond acceptors (Lipinski definition) is 3. The van der Waals surface area contributed by atoms with Crippen molar-refractivity contribution in [3.05, 3.63) is 0 Å². The van der Waals surface area contributed by atoms with Crippen LogP contribution in [-0.2, 0) is 9.59 Å². The second-order valence-corrected chi connectivity index (χ2v) is 6.87. The highest BCUT2D eigenvalue weighted by Gasteiger charge is 2.33. The van der Waals surface area contributed by atoms with Gasteiger partial charge in [0.2, 0.25) is 5.91 Å². The zero-order valence-corrected chi connectivity index (χ0v) is 13.4. The molecule has 1 rings (SSSR count). The first-order valence-corrected chi connectivity index (χ1v) is 7.42. The molecule has 1 heterocycles. The lowest BCUT2D eigenvalue weighted by molar-refractivity contribution is -0.149. The quantitative estimate of drug-likeness (QED) is 0.833. The topological polar surface area (TPSA) is 86.7 Å². The average Bonchev–Trinajstić information content (AvgIpc) is 2.38. The predicted octanol–water partition coefficient (Wildman–Crippen LogP) is 2.24. The molecule has 1 aliphatic rings. The number of nitrogens with zero attached hydrogens (tertiary/aromatic N) is 1. The van der Waals surface area contributed by atoms with Gasteiger partial charge in [0.05, 0.1) is 5.41 Å².